The van der Waals surface area contributed by atoms with Crippen LogP contribution in [0.5, 0.6) is 5.75 Å². The number of aryl methyl sites for hydroxylation is 1. The van der Waals surface area contributed by atoms with Gasteiger partial charge in [0.1, 0.15) is 5.75 Å². The van der Waals surface area contributed by atoms with Crippen LogP contribution in [0, 0.1) is 6.92 Å². The first-order valence-corrected chi connectivity index (χ1v) is 6.60. The fraction of sp³-hybridized carbons (Fsp3) is 0.125. The molecule has 0 radical (unpaired) electrons. The zero-order valence-corrected chi connectivity index (χ0v) is 11.9. The number of methoxy groups -OCH3 is 1. The van der Waals surface area contributed by atoms with E-state index in [2.05, 4.69) is 16.4 Å². The fourth-order valence-electron chi connectivity index (χ4n) is 2.32. The summed E-state index contributed by atoms with van der Waals surface area (Å²) in [5.74, 6) is 0.863. The highest BCUT2D eigenvalue weighted by atomic mass is 16.5. The maximum atomic E-state index is 5.84. The summed E-state index contributed by atoms with van der Waals surface area (Å²) in [4.78, 5) is 0. The summed E-state index contributed by atoms with van der Waals surface area (Å²) in [6.45, 7) is 2.01. The van der Waals surface area contributed by atoms with Crippen molar-refractivity contribution in [3.63, 3.8) is 0 Å². The van der Waals surface area contributed by atoms with E-state index in [4.69, 9.17) is 10.5 Å². The van der Waals surface area contributed by atoms with Crippen molar-refractivity contribution in [3.8, 4) is 22.7 Å². The van der Waals surface area contributed by atoms with Crippen molar-refractivity contribution in [1.82, 2.24) is 15.0 Å². The molecule has 0 bridgehead atoms. The van der Waals surface area contributed by atoms with E-state index in [1.807, 2.05) is 43.3 Å². The van der Waals surface area contributed by atoms with Gasteiger partial charge in [-0.3, -0.25) is 0 Å². The van der Waals surface area contributed by atoms with Gasteiger partial charge < -0.3 is 10.5 Å². The SMILES string of the molecule is COc1ccc(-c2cnnn2-c2cccc(N)c2)cc1C. The van der Waals surface area contributed by atoms with Gasteiger partial charge in [0.15, 0.2) is 0 Å². The Balaban J connectivity index is 2.09. The molecule has 106 valence electrons. The molecule has 0 fully saturated rings. The van der Waals surface area contributed by atoms with E-state index in [1.54, 1.807) is 18.0 Å². The second-order valence-corrected chi connectivity index (χ2v) is 4.81. The Kier molecular flexibility index (Phi) is 3.31. The van der Waals surface area contributed by atoms with Gasteiger partial charge in [0.25, 0.3) is 0 Å². The predicted molar refractivity (Wildman–Crippen MR) is 82.5 cm³/mol. The van der Waals surface area contributed by atoms with Gasteiger partial charge in [-0.05, 0) is 48.9 Å². The molecule has 0 saturated carbocycles. The molecule has 2 N–H and O–H groups in total. The molecule has 5 nitrogen and oxygen atoms in total. The number of ether oxygens (including phenoxy) is 1. The summed E-state index contributed by atoms with van der Waals surface area (Å²) in [5.41, 5.74) is 10.4. The normalized spacial score (nSPS) is 10.6. The van der Waals surface area contributed by atoms with Crippen LogP contribution in [-0.2, 0) is 0 Å². The van der Waals surface area contributed by atoms with Gasteiger partial charge in [-0.15, -0.1) is 5.10 Å². The van der Waals surface area contributed by atoms with Crippen molar-refractivity contribution in [2.24, 2.45) is 0 Å². The average molecular weight is 280 g/mol. The topological polar surface area (TPSA) is 66.0 Å². The number of aromatic nitrogens is 3. The highest BCUT2D eigenvalue weighted by molar-refractivity contribution is 5.64. The Morgan fingerprint density at radius 3 is 2.71 bits per heavy atom. The average Bonchev–Trinajstić information content (AvgIpc) is 2.96. The summed E-state index contributed by atoms with van der Waals surface area (Å²) >= 11 is 0. The molecule has 0 atom stereocenters. The molecule has 21 heavy (non-hydrogen) atoms. The second kappa shape index (κ2) is 5.28. The maximum absolute atomic E-state index is 5.84. The highest BCUT2D eigenvalue weighted by Crippen LogP contribution is 2.27. The molecule has 2 aromatic carbocycles. The molecule has 0 spiro atoms. The number of nitrogen functional groups attached to an aromatic ring is 1. The van der Waals surface area contributed by atoms with Crippen LogP contribution >= 0.6 is 0 Å². The zero-order valence-electron chi connectivity index (χ0n) is 11.9. The van der Waals surface area contributed by atoms with Crippen LogP contribution in [0.3, 0.4) is 0 Å². The fourth-order valence-corrected chi connectivity index (χ4v) is 2.32. The number of rotatable bonds is 3. The van der Waals surface area contributed by atoms with Crippen LogP contribution in [0.15, 0.2) is 48.7 Å². The molecule has 0 aliphatic heterocycles. The van der Waals surface area contributed by atoms with Crippen molar-refractivity contribution in [1.29, 1.82) is 0 Å². The number of benzene rings is 2. The van der Waals surface area contributed by atoms with Gasteiger partial charge in [-0.1, -0.05) is 11.3 Å². The Hall–Kier alpha value is -2.82. The first kappa shape index (κ1) is 13.2. The molecule has 1 aromatic heterocycles. The first-order chi connectivity index (χ1) is 10.2. The van der Waals surface area contributed by atoms with Crippen LogP contribution in [-0.4, -0.2) is 22.1 Å². The summed E-state index contributed by atoms with van der Waals surface area (Å²) in [7, 11) is 1.67. The molecule has 0 amide bonds. The van der Waals surface area contributed by atoms with Crippen LogP contribution in [0.25, 0.3) is 16.9 Å². The predicted octanol–water partition coefficient (Wildman–Crippen LogP) is 2.83. The lowest BCUT2D eigenvalue weighted by Gasteiger charge is -2.09. The molecular formula is C16H16N4O. The standard InChI is InChI=1S/C16H16N4O/c1-11-8-12(6-7-16(11)21-2)15-10-18-19-20(15)14-5-3-4-13(17)9-14/h3-10H,17H2,1-2H3. The number of nitrogens with zero attached hydrogens (tertiary/aromatic N) is 3. The van der Waals surface area contributed by atoms with Gasteiger partial charge in [0.05, 0.1) is 24.7 Å². The van der Waals surface area contributed by atoms with E-state index in [0.29, 0.717) is 5.69 Å². The quantitative estimate of drug-likeness (QED) is 0.749. The van der Waals surface area contributed by atoms with Crippen molar-refractivity contribution >= 4 is 5.69 Å². The van der Waals surface area contributed by atoms with Crippen molar-refractivity contribution in [2.45, 2.75) is 6.92 Å². The van der Waals surface area contributed by atoms with Crippen LogP contribution in [0.4, 0.5) is 5.69 Å². The summed E-state index contributed by atoms with van der Waals surface area (Å²) < 4.78 is 7.07. The monoisotopic (exact) mass is 280 g/mol. The highest BCUT2D eigenvalue weighted by Gasteiger charge is 2.10. The van der Waals surface area contributed by atoms with Gasteiger partial charge >= 0.3 is 0 Å². The smallest absolute Gasteiger partial charge is 0.121 e. The van der Waals surface area contributed by atoms with E-state index in [1.165, 1.54) is 0 Å². The van der Waals surface area contributed by atoms with Gasteiger partial charge in [0.2, 0.25) is 0 Å². The summed E-state index contributed by atoms with van der Waals surface area (Å²) in [6, 6.07) is 13.6. The zero-order chi connectivity index (χ0) is 14.8. The molecule has 0 aliphatic carbocycles. The van der Waals surface area contributed by atoms with E-state index >= 15 is 0 Å². The lowest BCUT2D eigenvalue weighted by Crippen LogP contribution is -2.00. The number of hydrogen-bond donors (Lipinski definition) is 1. The molecular weight excluding hydrogens is 264 g/mol. The van der Waals surface area contributed by atoms with Crippen LogP contribution < -0.4 is 10.5 Å². The van der Waals surface area contributed by atoms with E-state index in [9.17, 15) is 0 Å². The molecule has 3 rings (SSSR count). The van der Waals surface area contributed by atoms with Crippen LogP contribution in [0.1, 0.15) is 5.56 Å². The molecule has 0 saturated heterocycles. The Bertz CT molecular complexity index is 779. The molecule has 1 heterocycles. The van der Waals surface area contributed by atoms with E-state index < -0.39 is 0 Å². The lowest BCUT2D eigenvalue weighted by molar-refractivity contribution is 0.412. The van der Waals surface area contributed by atoms with E-state index in [0.717, 1.165) is 28.3 Å². The number of hydrogen-bond acceptors (Lipinski definition) is 4. The Morgan fingerprint density at radius 2 is 2.00 bits per heavy atom. The lowest BCUT2D eigenvalue weighted by atomic mass is 10.1. The van der Waals surface area contributed by atoms with Crippen molar-refractivity contribution in [3.05, 3.63) is 54.2 Å². The molecule has 0 aliphatic rings. The Morgan fingerprint density at radius 1 is 1.14 bits per heavy atom. The second-order valence-electron chi connectivity index (χ2n) is 4.81. The minimum Gasteiger partial charge on any atom is -0.496 e. The molecule has 3 aromatic rings. The minimum atomic E-state index is 0.694. The summed E-state index contributed by atoms with van der Waals surface area (Å²) in [6.07, 6.45) is 1.74. The maximum Gasteiger partial charge on any atom is 0.121 e. The largest absolute Gasteiger partial charge is 0.496 e. The first-order valence-electron chi connectivity index (χ1n) is 6.60. The third kappa shape index (κ3) is 2.45. The van der Waals surface area contributed by atoms with Crippen LogP contribution in [0.2, 0.25) is 0 Å². The number of anilines is 1. The Labute approximate surface area is 123 Å². The van der Waals surface area contributed by atoms with Crippen molar-refractivity contribution in [2.75, 3.05) is 12.8 Å². The third-order valence-corrected chi connectivity index (χ3v) is 3.35. The van der Waals surface area contributed by atoms with E-state index in [-0.39, 0.29) is 0 Å². The summed E-state index contributed by atoms with van der Waals surface area (Å²) in [5, 5.41) is 8.17. The van der Waals surface area contributed by atoms with Crippen molar-refractivity contribution < 1.29 is 4.74 Å². The molecule has 0 unspecified atom stereocenters. The third-order valence-electron chi connectivity index (χ3n) is 3.35. The number of nitrogens with two attached hydrogens (primary N) is 1. The van der Waals surface area contributed by atoms with Gasteiger partial charge in [0, 0.05) is 11.3 Å². The van der Waals surface area contributed by atoms with Gasteiger partial charge in [-0.25, -0.2) is 4.68 Å². The van der Waals surface area contributed by atoms with Gasteiger partial charge in [-0.2, -0.15) is 0 Å². The minimum absolute atomic E-state index is 0.694. The molecule has 5 heteroatoms.